The summed E-state index contributed by atoms with van der Waals surface area (Å²) in [5, 5.41) is 0. The highest BCUT2D eigenvalue weighted by Gasteiger charge is 2.00. The summed E-state index contributed by atoms with van der Waals surface area (Å²) in [6.45, 7) is 0. The Morgan fingerprint density at radius 1 is 1.45 bits per heavy atom. The third-order valence-electron chi connectivity index (χ3n) is 0.998. The predicted octanol–water partition coefficient (Wildman–Crippen LogP) is -2.34. The first kappa shape index (κ1) is 7.32. The van der Waals surface area contributed by atoms with Crippen LogP contribution in [0.3, 0.4) is 0 Å². The molecule has 11 heavy (non-hydrogen) atoms. The first-order chi connectivity index (χ1) is 5.15. The molecule has 0 spiro atoms. The lowest BCUT2D eigenvalue weighted by molar-refractivity contribution is 0.387. The highest BCUT2D eigenvalue weighted by Crippen LogP contribution is 1.51. The number of nitrogens with one attached hydrogen (secondary N) is 2. The SMILES string of the molecule is CNn1c(=O)[nH]c(=O)oc1=O. The standard InChI is InChI=1S/C4H5N3O4/c1-5-7-2(8)6-3(9)11-4(7)10/h5H,1H3,(H,6,8,9). The van der Waals surface area contributed by atoms with E-state index in [9.17, 15) is 14.4 Å². The van der Waals surface area contributed by atoms with E-state index in [0.29, 0.717) is 4.68 Å². The maximum atomic E-state index is 10.7. The number of hydrogen-bond acceptors (Lipinski definition) is 5. The topological polar surface area (TPSA) is 97.1 Å². The fourth-order valence-corrected chi connectivity index (χ4v) is 0.569. The number of nitrogens with zero attached hydrogens (tertiary/aromatic N) is 1. The number of aromatic amines is 1. The molecule has 0 aliphatic carbocycles. The average Bonchev–Trinajstić information content (AvgIpc) is 1.85. The van der Waals surface area contributed by atoms with Crippen LogP contribution in [-0.4, -0.2) is 16.7 Å². The van der Waals surface area contributed by atoms with E-state index in [1.807, 2.05) is 0 Å². The van der Waals surface area contributed by atoms with E-state index in [2.05, 4.69) is 9.84 Å². The van der Waals surface area contributed by atoms with Crippen molar-refractivity contribution in [3.63, 3.8) is 0 Å². The van der Waals surface area contributed by atoms with Crippen molar-refractivity contribution in [2.24, 2.45) is 0 Å². The van der Waals surface area contributed by atoms with Gasteiger partial charge in [0.2, 0.25) is 0 Å². The Morgan fingerprint density at radius 2 is 2.09 bits per heavy atom. The van der Waals surface area contributed by atoms with E-state index in [1.54, 1.807) is 4.98 Å². The molecule has 0 bridgehead atoms. The Labute approximate surface area is 59.3 Å². The average molecular weight is 159 g/mol. The van der Waals surface area contributed by atoms with Crippen LogP contribution < -0.4 is 22.6 Å². The van der Waals surface area contributed by atoms with E-state index in [1.165, 1.54) is 7.05 Å². The van der Waals surface area contributed by atoms with Gasteiger partial charge in [-0.25, -0.2) is 19.4 Å². The molecule has 1 heterocycles. The molecular weight excluding hydrogens is 154 g/mol. The molecule has 0 unspecified atom stereocenters. The van der Waals surface area contributed by atoms with Gasteiger partial charge in [0, 0.05) is 7.05 Å². The highest BCUT2D eigenvalue weighted by molar-refractivity contribution is 4.67. The number of H-pyrrole nitrogens is 1. The molecule has 0 fully saturated rings. The second kappa shape index (κ2) is 2.45. The van der Waals surface area contributed by atoms with Gasteiger partial charge in [-0.15, -0.1) is 4.68 Å². The van der Waals surface area contributed by atoms with E-state index < -0.39 is 17.2 Å². The number of rotatable bonds is 1. The largest absolute Gasteiger partial charge is 0.446 e. The smallest absolute Gasteiger partial charge is 0.357 e. The molecule has 0 aliphatic heterocycles. The molecule has 0 aliphatic rings. The van der Waals surface area contributed by atoms with Crippen molar-refractivity contribution in [1.29, 1.82) is 0 Å². The van der Waals surface area contributed by atoms with Crippen LogP contribution in [0.15, 0.2) is 18.8 Å². The Hall–Kier alpha value is -1.79. The van der Waals surface area contributed by atoms with Crippen LogP contribution in [0.5, 0.6) is 0 Å². The Kier molecular flexibility index (Phi) is 1.63. The van der Waals surface area contributed by atoms with Gasteiger partial charge < -0.3 is 9.84 Å². The minimum atomic E-state index is -1.06. The maximum absolute atomic E-state index is 10.7. The summed E-state index contributed by atoms with van der Waals surface area (Å²) in [4.78, 5) is 33.4. The minimum Gasteiger partial charge on any atom is -0.357 e. The Balaban J connectivity index is 3.63. The zero-order valence-corrected chi connectivity index (χ0v) is 5.58. The van der Waals surface area contributed by atoms with E-state index in [0.717, 1.165) is 0 Å². The molecule has 0 atom stereocenters. The van der Waals surface area contributed by atoms with Crippen molar-refractivity contribution in [2.75, 3.05) is 12.5 Å². The lowest BCUT2D eigenvalue weighted by Gasteiger charge is -1.96. The molecule has 0 saturated carbocycles. The summed E-state index contributed by atoms with van der Waals surface area (Å²) in [5.74, 6) is -2.10. The fourth-order valence-electron chi connectivity index (χ4n) is 0.569. The first-order valence-corrected chi connectivity index (χ1v) is 2.69. The van der Waals surface area contributed by atoms with Gasteiger partial charge in [-0.2, -0.15) is 0 Å². The van der Waals surface area contributed by atoms with Gasteiger partial charge in [-0.3, -0.25) is 0 Å². The minimum absolute atomic E-state index is 0.529. The van der Waals surface area contributed by atoms with Gasteiger partial charge in [-0.1, -0.05) is 0 Å². The monoisotopic (exact) mass is 159 g/mol. The van der Waals surface area contributed by atoms with Gasteiger partial charge >= 0.3 is 17.2 Å². The van der Waals surface area contributed by atoms with Crippen LogP contribution in [0, 0.1) is 0 Å². The van der Waals surface area contributed by atoms with Crippen LogP contribution in [-0.2, 0) is 0 Å². The number of aromatic nitrogens is 2. The molecule has 0 radical (unpaired) electrons. The Bertz CT molecular complexity index is 376. The molecule has 1 rings (SSSR count). The van der Waals surface area contributed by atoms with Gasteiger partial charge in [-0.05, 0) is 0 Å². The highest BCUT2D eigenvalue weighted by atomic mass is 16.5. The maximum Gasteiger partial charge on any atom is 0.446 e. The first-order valence-electron chi connectivity index (χ1n) is 2.69. The van der Waals surface area contributed by atoms with Gasteiger partial charge in [0.1, 0.15) is 0 Å². The summed E-state index contributed by atoms with van der Waals surface area (Å²) < 4.78 is 4.54. The lowest BCUT2D eigenvalue weighted by atomic mass is 11.0. The van der Waals surface area contributed by atoms with Crippen molar-refractivity contribution < 1.29 is 4.42 Å². The van der Waals surface area contributed by atoms with E-state index in [-0.39, 0.29) is 0 Å². The molecule has 1 aromatic heterocycles. The quantitative estimate of drug-likeness (QED) is 0.478. The zero-order valence-electron chi connectivity index (χ0n) is 5.58. The van der Waals surface area contributed by atoms with Crippen LogP contribution in [0.4, 0.5) is 0 Å². The van der Waals surface area contributed by atoms with Crippen molar-refractivity contribution in [1.82, 2.24) is 9.66 Å². The van der Waals surface area contributed by atoms with Crippen molar-refractivity contribution in [2.45, 2.75) is 0 Å². The normalized spacial score (nSPS) is 9.55. The van der Waals surface area contributed by atoms with Crippen molar-refractivity contribution in [3.8, 4) is 0 Å². The van der Waals surface area contributed by atoms with Gasteiger partial charge in [0.15, 0.2) is 0 Å². The fraction of sp³-hybridized carbons (Fsp3) is 0.250. The molecular formula is C4H5N3O4. The third kappa shape index (κ3) is 1.20. The van der Waals surface area contributed by atoms with Gasteiger partial charge in [0.25, 0.3) is 0 Å². The van der Waals surface area contributed by atoms with E-state index >= 15 is 0 Å². The molecule has 60 valence electrons. The summed E-state index contributed by atoms with van der Waals surface area (Å²) in [6.07, 6.45) is 0. The van der Waals surface area contributed by atoms with Crippen LogP contribution >= 0.6 is 0 Å². The van der Waals surface area contributed by atoms with Crippen molar-refractivity contribution >= 4 is 0 Å². The summed E-state index contributed by atoms with van der Waals surface area (Å²) in [6, 6.07) is 0. The van der Waals surface area contributed by atoms with Crippen molar-refractivity contribution in [3.05, 3.63) is 31.6 Å². The molecule has 0 aromatic carbocycles. The summed E-state index contributed by atoms with van der Waals surface area (Å²) in [5.41, 5.74) is 1.37. The molecule has 1 aromatic rings. The molecule has 2 N–H and O–H groups in total. The lowest BCUT2D eigenvalue weighted by Crippen LogP contribution is -2.43. The molecule has 0 saturated heterocycles. The molecule has 7 nitrogen and oxygen atoms in total. The predicted molar refractivity (Wildman–Crippen MR) is 35.1 cm³/mol. The summed E-state index contributed by atoms with van der Waals surface area (Å²) >= 11 is 0. The zero-order chi connectivity index (χ0) is 8.43. The second-order valence-corrected chi connectivity index (χ2v) is 1.64. The Morgan fingerprint density at radius 3 is 2.55 bits per heavy atom. The second-order valence-electron chi connectivity index (χ2n) is 1.64. The summed E-state index contributed by atoms with van der Waals surface area (Å²) in [7, 11) is 1.34. The molecule has 0 amide bonds. The van der Waals surface area contributed by atoms with Crippen LogP contribution in [0.1, 0.15) is 0 Å². The number of hydrogen-bond donors (Lipinski definition) is 2. The van der Waals surface area contributed by atoms with Crippen LogP contribution in [0.2, 0.25) is 0 Å². The van der Waals surface area contributed by atoms with Gasteiger partial charge in [0.05, 0.1) is 0 Å². The molecule has 7 heteroatoms. The van der Waals surface area contributed by atoms with Crippen LogP contribution in [0.25, 0.3) is 0 Å². The third-order valence-corrected chi connectivity index (χ3v) is 0.998. The van der Waals surface area contributed by atoms with E-state index in [4.69, 9.17) is 0 Å².